The van der Waals surface area contributed by atoms with Gasteiger partial charge in [0.2, 0.25) is 0 Å². The second-order valence-corrected chi connectivity index (χ2v) is 6.53. The highest BCUT2D eigenvalue weighted by atomic mass is 14.8. The van der Waals surface area contributed by atoms with E-state index in [1.807, 2.05) is 0 Å². The summed E-state index contributed by atoms with van der Waals surface area (Å²) >= 11 is 0. The van der Waals surface area contributed by atoms with Gasteiger partial charge >= 0.3 is 0 Å². The highest BCUT2D eigenvalue weighted by molar-refractivity contribution is 5.10. The van der Waals surface area contributed by atoms with E-state index in [0.29, 0.717) is 5.41 Å². The van der Waals surface area contributed by atoms with Crippen LogP contribution in [0.4, 0.5) is 0 Å². The number of nitrogens with two attached hydrogens (primary N) is 1. The smallest absolute Gasteiger partial charge is 0.0162 e. The van der Waals surface area contributed by atoms with Crippen LogP contribution in [0.25, 0.3) is 0 Å². The molecule has 0 amide bonds. The lowest BCUT2D eigenvalue weighted by molar-refractivity contribution is -0.0991. The van der Waals surface area contributed by atoms with Gasteiger partial charge in [0.15, 0.2) is 0 Å². The minimum atomic E-state index is 0.256. The Bertz CT molecular complexity index is 226. The molecule has 0 spiro atoms. The Morgan fingerprint density at radius 1 is 1.00 bits per heavy atom. The predicted molar refractivity (Wildman–Crippen MR) is 54.3 cm³/mol. The minimum absolute atomic E-state index is 0.256. The molecule has 1 nitrogen and oxygen atoms in total. The van der Waals surface area contributed by atoms with Crippen LogP contribution in [0.5, 0.6) is 0 Å². The van der Waals surface area contributed by atoms with Crippen LogP contribution in [0.2, 0.25) is 0 Å². The molecule has 4 aliphatic carbocycles. The van der Waals surface area contributed by atoms with Crippen molar-refractivity contribution in [2.45, 2.75) is 51.5 Å². The fourth-order valence-electron chi connectivity index (χ4n) is 4.51. The van der Waals surface area contributed by atoms with Crippen LogP contribution >= 0.6 is 0 Å². The highest BCUT2D eigenvalue weighted by Gasteiger charge is 2.56. The second kappa shape index (κ2) is 2.13. The lowest BCUT2D eigenvalue weighted by atomic mass is 9.44. The molecular weight excluding hydrogens is 158 g/mol. The van der Waals surface area contributed by atoms with Crippen molar-refractivity contribution in [2.24, 2.45) is 28.9 Å². The van der Waals surface area contributed by atoms with Gasteiger partial charge in [0.25, 0.3) is 0 Å². The predicted octanol–water partition coefficient (Wildman–Crippen LogP) is 2.55. The van der Waals surface area contributed by atoms with Gasteiger partial charge in [-0.15, -0.1) is 0 Å². The zero-order chi connectivity index (χ0) is 9.27. The van der Waals surface area contributed by atoms with E-state index >= 15 is 0 Å². The Morgan fingerprint density at radius 3 is 2.00 bits per heavy atom. The molecule has 2 N–H and O–H groups in total. The first kappa shape index (κ1) is 8.28. The SMILES string of the molecule is CC1(C)C2CC3CC1CC(N)(C3)C2. The van der Waals surface area contributed by atoms with Gasteiger partial charge in [0, 0.05) is 5.54 Å². The lowest BCUT2D eigenvalue weighted by Gasteiger charge is -2.62. The van der Waals surface area contributed by atoms with Crippen LogP contribution in [0, 0.1) is 23.2 Å². The Labute approximate surface area is 81.1 Å². The maximum atomic E-state index is 6.44. The molecule has 1 heteroatoms. The normalized spacial score (nSPS) is 57.0. The molecule has 4 fully saturated rings. The molecule has 0 heterocycles. The Hall–Kier alpha value is -0.0400. The molecule has 4 aliphatic rings. The van der Waals surface area contributed by atoms with E-state index in [1.165, 1.54) is 32.1 Å². The van der Waals surface area contributed by atoms with Gasteiger partial charge in [-0.25, -0.2) is 0 Å². The molecule has 0 radical (unpaired) electrons. The lowest BCUT2D eigenvalue weighted by Crippen LogP contribution is -2.61. The Morgan fingerprint density at radius 2 is 1.54 bits per heavy atom. The van der Waals surface area contributed by atoms with Crippen molar-refractivity contribution in [3.63, 3.8) is 0 Å². The largest absolute Gasteiger partial charge is 0.325 e. The van der Waals surface area contributed by atoms with E-state index in [9.17, 15) is 0 Å². The molecule has 2 atom stereocenters. The van der Waals surface area contributed by atoms with Crippen LogP contribution in [0.1, 0.15) is 46.0 Å². The van der Waals surface area contributed by atoms with Crippen molar-refractivity contribution < 1.29 is 0 Å². The molecule has 4 bridgehead atoms. The summed E-state index contributed by atoms with van der Waals surface area (Å²) in [6, 6.07) is 0. The van der Waals surface area contributed by atoms with Crippen LogP contribution in [0.3, 0.4) is 0 Å². The van der Waals surface area contributed by atoms with E-state index < -0.39 is 0 Å². The summed E-state index contributed by atoms with van der Waals surface area (Å²) < 4.78 is 0. The van der Waals surface area contributed by atoms with Gasteiger partial charge in [-0.05, 0) is 55.3 Å². The third-order valence-corrected chi connectivity index (χ3v) is 5.34. The average Bonchev–Trinajstić information content (AvgIpc) is 1.97. The van der Waals surface area contributed by atoms with Crippen LogP contribution in [-0.4, -0.2) is 5.54 Å². The summed E-state index contributed by atoms with van der Waals surface area (Å²) in [6.45, 7) is 4.95. The third kappa shape index (κ3) is 0.971. The molecule has 2 unspecified atom stereocenters. The van der Waals surface area contributed by atoms with Crippen molar-refractivity contribution >= 4 is 0 Å². The quantitative estimate of drug-likeness (QED) is 0.607. The molecule has 0 saturated heterocycles. The molecule has 0 aromatic carbocycles. The van der Waals surface area contributed by atoms with Crippen molar-refractivity contribution in [3.8, 4) is 0 Å². The van der Waals surface area contributed by atoms with E-state index in [4.69, 9.17) is 5.73 Å². The molecule has 4 rings (SSSR count). The topological polar surface area (TPSA) is 26.0 Å². The molecule has 4 saturated carbocycles. The zero-order valence-electron chi connectivity index (χ0n) is 8.84. The fraction of sp³-hybridized carbons (Fsp3) is 1.00. The third-order valence-electron chi connectivity index (χ3n) is 5.34. The standard InChI is InChI=1S/C12H21N/c1-11(2)9-3-8-4-10(11)7-12(13,5-8)6-9/h8-10H,3-7,13H2,1-2H3. The van der Waals surface area contributed by atoms with Gasteiger partial charge in [0.05, 0.1) is 0 Å². The molecule has 13 heavy (non-hydrogen) atoms. The van der Waals surface area contributed by atoms with Gasteiger partial charge in [-0.2, -0.15) is 0 Å². The maximum Gasteiger partial charge on any atom is 0.0162 e. The molecule has 0 aromatic rings. The van der Waals surface area contributed by atoms with Gasteiger partial charge in [-0.3, -0.25) is 0 Å². The first-order chi connectivity index (χ1) is 6.00. The van der Waals surface area contributed by atoms with E-state index in [-0.39, 0.29) is 5.54 Å². The number of hydrogen-bond acceptors (Lipinski definition) is 1. The van der Waals surface area contributed by atoms with E-state index in [1.54, 1.807) is 0 Å². The summed E-state index contributed by atoms with van der Waals surface area (Å²) in [4.78, 5) is 0. The highest BCUT2D eigenvalue weighted by Crippen LogP contribution is 2.62. The van der Waals surface area contributed by atoms with Crippen molar-refractivity contribution in [1.29, 1.82) is 0 Å². The van der Waals surface area contributed by atoms with Crippen molar-refractivity contribution in [1.82, 2.24) is 0 Å². The first-order valence-corrected chi connectivity index (χ1v) is 5.78. The van der Waals surface area contributed by atoms with Crippen LogP contribution < -0.4 is 5.73 Å². The van der Waals surface area contributed by atoms with Gasteiger partial charge in [-0.1, -0.05) is 13.8 Å². The summed E-state index contributed by atoms with van der Waals surface area (Å²) in [5.41, 5.74) is 7.29. The maximum absolute atomic E-state index is 6.44. The zero-order valence-corrected chi connectivity index (χ0v) is 8.84. The summed E-state index contributed by atoms with van der Waals surface area (Å²) in [5, 5.41) is 0. The minimum Gasteiger partial charge on any atom is -0.325 e. The average molecular weight is 179 g/mol. The fourth-order valence-corrected chi connectivity index (χ4v) is 4.51. The number of hydrogen-bond donors (Lipinski definition) is 1. The summed E-state index contributed by atoms with van der Waals surface area (Å²) in [6.07, 6.45) is 6.90. The Kier molecular flexibility index (Phi) is 1.36. The molecule has 0 aromatic heterocycles. The van der Waals surface area contributed by atoms with Gasteiger partial charge < -0.3 is 5.73 Å². The van der Waals surface area contributed by atoms with Crippen LogP contribution in [0.15, 0.2) is 0 Å². The van der Waals surface area contributed by atoms with E-state index in [2.05, 4.69) is 13.8 Å². The first-order valence-electron chi connectivity index (χ1n) is 5.78. The number of rotatable bonds is 0. The second-order valence-electron chi connectivity index (χ2n) is 6.53. The van der Waals surface area contributed by atoms with E-state index in [0.717, 1.165) is 17.8 Å². The molecule has 0 aliphatic heterocycles. The molecule has 74 valence electrons. The van der Waals surface area contributed by atoms with Crippen molar-refractivity contribution in [2.75, 3.05) is 0 Å². The summed E-state index contributed by atoms with van der Waals surface area (Å²) in [5.74, 6) is 2.85. The van der Waals surface area contributed by atoms with Crippen LogP contribution in [-0.2, 0) is 0 Å². The van der Waals surface area contributed by atoms with Crippen molar-refractivity contribution in [3.05, 3.63) is 0 Å². The Balaban J connectivity index is 1.99. The summed E-state index contributed by atoms with van der Waals surface area (Å²) in [7, 11) is 0. The van der Waals surface area contributed by atoms with Gasteiger partial charge in [0.1, 0.15) is 0 Å². The molecular formula is C12H21N. The monoisotopic (exact) mass is 179 g/mol.